The van der Waals surface area contributed by atoms with Crippen molar-refractivity contribution in [1.82, 2.24) is 25.3 Å². The molecule has 0 fully saturated rings. The average Bonchev–Trinajstić information content (AvgIpc) is 3.12. The Morgan fingerprint density at radius 3 is 2.81 bits per heavy atom. The monoisotopic (exact) mass is 347 g/mol. The third-order valence-electron chi connectivity index (χ3n) is 3.50. The maximum absolute atomic E-state index is 14.4. The molecule has 0 aliphatic carbocycles. The maximum Gasteiger partial charge on any atom is 0.200 e. The van der Waals surface area contributed by atoms with Gasteiger partial charge in [-0.1, -0.05) is 12.1 Å². The lowest BCUT2D eigenvalue weighted by atomic mass is 10.2. The first-order valence-electron chi connectivity index (χ1n) is 7.52. The zero-order valence-electron chi connectivity index (χ0n) is 13.2. The number of hydrogen-bond donors (Lipinski definition) is 1. The van der Waals surface area contributed by atoms with Gasteiger partial charge >= 0.3 is 0 Å². The number of tetrazole rings is 1. The van der Waals surface area contributed by atoms with Crippen LogP contribution in [0.5, 0.6) is 11.5 Å². The number of benzene rings is 2. The van der Waals surface area contributed by atoms with Crippen molar-refractivity contribution in [2.24, 2.45) is 0 Å². The van der Waals surface area contributed by atoms with Gasteiger partial charge in [0.15, 0.2) is 23.0 Å². The lowest BCUT2D eigenvalue weighted by molar-refractivity contribution is 0.441. The zero-order chi connectivity index (χ0) is 17.9. The van der Waals surface area contributed by atoms with E-state index in [0.29, 0.717) is 28.5 Å². The largest absolute Gasteiger partial charge is 0.453 e. The summed E-state index contributed by atoms with van der Waals surface area (Å²) in [6.07, 6.45) is 0. The van der Waals surface area contributed by atoms with E-state index in [1.807, 2.05) is 6.07 Å². The van der Waals surface area contributed by atoms with E-state index in [1.54, 1.807) is 42.5 Å². The van der Waals surface area contributed by atoms with Crippen LogP contribution >= 0.6 is 0 Å². The lowest BCUT2D eigenvalue weighted by Gasteiger charge is -2.10. The predicted molar refractivity (Wildman–Crippen MR) is 89.5 cm³/mol. The Labute approximate surface area is 146 Å². The number of anilines is 2. The molecule has 0 aliphatic heterocycles. The molecule has 0 bridgehead atoms. The van der Waals surface area contributed by atoms with E-state index in [4.69, 9.17) is 10.00 Å². The van der Waals surface area contributed by atoms with E-state index >= 15 is 0 Å². The zero-order valence-corrected chi connectivity index (χ0v) is 13.2. The number of ether oxygens (including phenoxy) is 1. The number of para-hydroxylation sites is 1. The molecule has 4 aromatic rings. The molecule has 0 saturated carbocycles. The van der Waals surface area contributed by atoms with Gasteiger partial charge < -0.3 is 10.1 Å². The molecular formula is C17H10FN7O. The van der Waals surface area contributed by atoms with Crippen LogP contribution in [0.3, 0.4) is 0 Å². The molecule has 126 valence electrons. The van der Waals surface area contributed by atoms with Crippen LogP contribution in [0, 0.1) is 17.1 Å². The summed E-state index contributed by atoms with van der Waals surface area (Å²) in [4.78, 5) is 0. The second-order valence-corrected chi connectivity index (χ2v) is 5.23. The van der Waals surface area contributed by atoms with Crippen LogP contribution in [0.4, 0.5) is 15.9 Å². The van der Waals surface area contributed by atoms with Crippen molar-refractivity contribution in [1.29, 1.82) is 5.26 Å². The Balaban J connectivity index is 1.56. The highest BCUT2D eigenvalue weighted by atomic mass is 19.1. The standard InChI is InChI=1S/C17H10FN7O/c18-13-9-12(20-16-7-8-17-21-23-24-25(17)22-16)5-6-15(13)26-14-4-2-1-3-11(14)10-19/h1-9H,(H,20,22). The van der Waals surface area contributed by atoms with Gasteiger partial charge in [-0.15, -0.1) is 14.8 Å². The summed E-state index contributed by atoms with van der Waals surface area (Å²) in [6, 6.07) is 16.4. The quantitative estimate of drug-likeness (QED) is 0.605. The van der Waals surface area contributed by atoms with Crippen LogP contribution < -0.4 is 10.1 Å². The van der Waals surface area contributed by atoms with Crippen molar-refractivity contribution in [2.45, 2.75) is 0 Å². The van der Waals surface area contributed by atoms with E-state index in [9.17, 15) is 4.39 Å². The smallest absolute Gasteiger partial charge is 0.200 e. The molecule has 0 saturated heterocycles. The highest BCUT2D eigenvalue weighted by Crippen LogP contribution is 2.29. The third kappa shape index (κ3) is 2.99. The Morgan fingerprint density at radius 1 is 1.08 bits per heavy atom. The molecule has 0 amide bonds. The summed E-state index contributed by atoms with van der Waals surface area (Å²) in [6.45, 7) is 0. The van der Waals surface area contributed by atoms with Crippen LogP contribution in [-0.2, 0) is 0 Å². The first kappa shape index (κ1) is 15.5. The van der Waals surface area contributed by atoms with Crippen LogP contribution in [-0.4, -0.2) is 25.3 Å². The molecule has 26 heavy (non-hydrogen) atoms. The van der Waals surface area contributed by atoms with E-state index in [2.05, 4.69) is 25.9 Å². The SMILES string of the molecule is N#Cc1ccccc1Oc1ccc(Nc2ccc3nnnn3n2)cc1F. The highest BCUT2D eigenvalue weighted by molar-refractivity contribution is 5.58. The van der Waals surface area contributed by atoms with E-state index in [0.717, 1.165) is 0 Å². The molecule has 4 rings (SSSR count). The van der Waals surface area contributed by atoms with Crippen molar-refractivity contribution < 1.29 is 9.13 Å². The summed E-state index contributed by atoms with van der Waals surface area (Å²) >= 11 is 0. The average molecular weight is 347 g/mol. The summed E-state index contributed by atoms with van der Waals surface area (Å²) in [7, 11) is 0. The molecule has 0 atom stereocenters. The topological polar surface area (TPSA) is 101 Å². The lowest BCUT2D eigenvalue weighted by Crippen LogP contribution is -2.00. The second-order valence-electron chi connectivity index (χ2n) is 5.23. The van der Waals surface area contributed by atoms with E-state index in [-0.39, 0.29) is 5.75 Å². The number of halogens is 1. The maximum atomic E-state index is 14.4. The molecule has 9 heteroatoms. The molecule has 2 heterocycles. The fourth-order valence-corrected chi connectivity index (χ4v) is 2.29. The summed E-state index contributed by atoms with van der Waals surface area (Å²) < 4.78 is 21.1. The van der Waals surface area contributed by atoms with Gasteiger partial charge in [0, 0.05) is 11.8 Å². The molecule has 2 aromatic heterocycles. The normalized spacial score (nSPS) is 10.5. The van der Waals surface area contributed by atoms with Crippen molar-refractivity contribution in [3.05, 3.63) is 66.0 Å². The van der Waals surface area contributed by atoms with E-state index < -0.39 is 5.82 Å². The predicted octanol–water partition coefficient (Wildman–Crippen LogP) is 3.07. The molecule has 0 unspecified atom stereocenters. The minimum Gasteiger partial charge on any atom is -0.453 e. The number of aromatic nitrogens is 5. The van der Waals surface area contributed by atoms with Crippen molar-refractivity contribution in [3.8, 4) is 17.6 Å². The number of nitrogens with zero attached hydrogens (tertiary/aromatic N) is 6. The molecule has 0 aliphatic rings. The van der Waals surface area contributed by atoms with Crippen LogP contribution in [0.15, 0.2) is 54.6 Å². The minimum absolute atomic E-state index is 0.0159. The van der Waals surface area contributed by atoms with Crippen molar-refractivity contribution >= 4 is 17.2 Å². The fourth-order valence-electron chi connectivity index (χ4n) is 2.29. The Bertz CT molecular complexity index is 1140. The first-order valence-corrected chi connectivity index (χ1v) is 7.52. The molecule has 1 N–H and O–H groups in total. The van der Waals surface area contributed by atoms with Gasteiger partial charge in [0.1, 0.15) is 11.8 Å². The van der Waals surface area contributed by atoms with Gasteiger partial charge in [0.2, 0.25) is 0 Å². The molecule has 2 aromatic carbocycles. The number of rotatable bonds is 4. The Kier molecular flexibility index (Phi) is 3.83. The summed E-state index contributed by atoms with van der Waals surface area (Å²) in [5.41, 5.74) is 1.30. The molecule has 0 radical (unpaired) electrons. The van der Waals surface area contributed by atoms with Crippen LogP contribution in [0.1, 0.15) is 5.56 Å². The number of nitrogens with one attached hydrogen (secondary N) is 1. The van der Waals surface area contributed by atoms with Crippen molar-refractivity contribution in [2.75, 3.05) is 5.32 Å². The minimum atomic E-state index is -0.578. The van der Waals surface area contributed by atoms with Gasteiger partial charge in [-0.2, -0.15) is 5.26 Å². The van der Waals surface area contributed by atoms with Crippen LogP contribution in [0.2, 0.25) is 0 Å². The third-order valence-corrected chi connectivity index (χ3v) is 3.50. The van der Waals surface area contributed by atoms with Gasteiger partial charge in [0.25, 0.3) is 0 Å². The van der Waals surface area contributed by atoms with Crippen LogP contribution in [0.25, 0.3) is 5.65 Å². The highest BCUT2D eigenvalue weighted by Gasteiger charge is 2.10. The molecule has 8 nitrogen and oxygen atoms in total. The van der Waals surface area contributed by atoms with Gasteiger partial charge in [-0.05, 0) is 46.8 Å². The molecular weight excluding hydrogens is 337 g/mol. The van der Waals surface area contributed by atoms with Crippen molar-refractivity contribution in [3.63, 3.8) is 0 Å². The summed E-state index contributed by atoms with van der Waals surface area (Å²) in [5, 5.41) is 27.2. The van der Waals surface area contributed by atoms with Gasteiger partial charge in [-0.3, -0.25) is 0 Å². The second kappa shape index (κ2) is 6.45. The van der Waals surface area contributed by atoms with Gasteiger partial charge in [-0.25, -0.2) is 4.39 Å². The Morgan fingerprint density at radius 2 is 1.96 bits per heavy atom. The van der Waals surface area contributed by atoms with Gasteiger partial charge in [0.05, 0.1) is 5.56 Å². The number of nitriles is 1. The number of fused-ring (bicyclic) bond motifs is 1. The fraction of sp³-hybridized carbons (Fsp3) is 0. The first-order chi connectivity index (χ1) is 12.7. The number of hydrogen-bond acceptors (Lipinski definition) is 7. The molecule has 0 spiro atoms. The summed E-state index contributed by atoms with van der Waals surface area (Å²) in [5.74, 6) is 0.182. The van der Waals surface area contributed by atoms with E-state index in [1.165, 1.54) is 16.8 Å². The Hall–Kier alpha value is -4.06.